The number of fused-ring (bicyclic) bond motifs is 1. The highest BCUT2D eigenvalue weighted by molar-refractivity contribution is 5.75. The van der Waals surface area contributed by atoms with E-state index in [1.807, 2.05) is 6.07 Å². The van der Waals surface area contributed by atoms with Crippen LogP contribution in [0.2, 0.25) is 0 Å². The minimum absolute atomic E-state index is 0.544. The summed E-state index contributed by atoms with van der Waals surface area (Å²) in [7, 11) is 0. The summed E-state index contributed by atoms with van der Waals surface area (Å²) in [6.07, 6.45) is 11.9. The standard InChI is InChI=1S/C33H40N2/c1-4-6-9-15-28-30(16-10-7-5-2)35-32-29(31(28)27-19-17-25(3)18-20-27)21-22-33(32,24-34)23-26-13-11-8-12-14-26/h8,11-14,17-20H,4-7,9-10,15-16,21-23H2,1-3H3/t33-/m0/s1. The van der Waals surface area contributed by atoms with Crippen molar-refractivity contribution in [2.75, 3.05) is 0 Å². The molecule has 2 heteroatoms. The van der Waals surface area contributed by atoms with Crippen LogP contribution in [-0.4, -0.2) is 4.98 Å². The second kappa shape index (κ2) is 11.7. The highest BCUT2D eigenvalue weighted by Gasteiger charge is 2.43. The Balaban J connectivity index is 1.89. The van der Waals surface area contributed by atoms with Crippen LogP contribution in [-0.2, 0) is 31.1 Å². The molecule has 1 aromatic heterocycles. The third-order valence-corrected chi connectivity index (χ3v) is 7.69. The number of rotatable bonds is 11. The average Bonchev–Trinajstić information content (AvgIpc) is 3.23. The maximum absolute atomic E-state index is 10.6. The van der Waals surface area contributed by atoms with Crippen molar-refractivity contribution in [1.82, 2.24) is 4.98 Å². The van der Waals surface area contributed by atoms with Gasteiger partial charge in [0.2, 0.25) is 0 Å². The second-order valence-corrected chi connectivity index (χ2v) is 10.4. The molecule has 0 N–H and O–H groups in total. The third kappa shape index (κ3) is 5.51. The number of pyridine rings is 1. The van der Waals surface area contributed by atoms with Gasteiger partial charge < -0.3 is 0 Å². The fourth-order valence-corrected chi connectivity index (χ4v) is 5.71. The Morgan fingerprint density at radius 1 is 0.886 bits per heavy atom. The van der Waals surface area contributed by atoms with E-state index in [9.17, 15) is 5.26 Å². The van der Waals surface area contributed by atoms with Crippen LogP contribution in [0.4, 0.5) is 0 Å². The van der Waals surface area contributed by atoms with Crippen LogP contribution in [0.15, 0.2) is 54.6 Å². The van der Waals surface area contributed by atoms with Gasteiger partial charge in [-0.3, -0.25) is 4.98 Å². The fraction of sp³-hybridized carbons (Fsp3) is 0.455. The molecule has 0 amide bonds. The molecule has 2 nitrogen and oxygen atoms in total. The van der Waals surface area contributed by atoms with Gasteiger partial charge >= 0.3 is 0 Å². The number of hydrogen-bond donors (Lipinski definition) is 0. The zero-order chi connectivity index (χ0) is 24.7. The molecule has 2 aromatic carbocycles. The number of nitriles is 1. The first-order valence-electron chi connectivity index (χ1n) is 13.7. The molecule has 0 fully saturated rings. The van der Waals surface area contributed by atoms with Crippen molar-refractivity contribution >= 4 is 0 Å². The highest BCUT2D eigenvalue weighted by atomic mass is 14.8. The third-order valence-electron chi connectivity index (χ3n) is 7.69. The lowest BCUT2D eigenvalue weighted by molar-refractivity contribution is 0.526. The molecule has 0 saturated carbocycles. The Bertz CT molecular complexity index is 1150. The molecule has 0 saturated heterocycles. The van der Waals surface area contributed by atoms with Gasteiger partial charge in [0.05, 0.1) is 11.8 Å². The number of unbranched alkanes of at least 4 members (excludes halogenated alkanes) is 4. The Labute approximate surface area is 212 Å². The minimum Gasteiger partial charge on any atom is -0.256 e. The van der Waals surface area contributed by atoms with Crippen molar-refractivity contribution < 1.29 is 0 Å². The van der Waals surface area contributed by atoms with E-state index < -0.39 is 5.41 Å². The van der Waals surface area contributed by atoms with Gasteiger partial charge in [0, 0.05) is 5.69 Å². The van der Waals surface area contributed by atoms with E-state index in [1.54, 1.807) is 0 Å². The number of nitrogens with zero attached hydrogens (tertiary/aromatic N) is 2. The van der Waals surface area contributed by atoms with E-state index >= 15 is 0 Å². The van der Waals surface area contributed by atoms with E-state index in [1.165, 1.54) is 71.2 Å². The first-order valence-corrected chi connectivity index (χ1v) is 13.7. The van der Waals surface area contributed by atoms with Crippen LogP contribution in [0.5, 0.6) is 0 Å². The van der Waals surface area contributed by atoms with E-state index in [-0.39, 0.29) is 0 Å². The van der Waals surface area contributed by atoms with Gasteiger partial charge in [-0.2, -0.15) is 5.26 Å². The SMILES string of the molecule is CCCCCc1nc2c(c(-c3ccc(C)cc3)c1CCCCC)CC[C@@]2(C#N)Cc1ccccc1. The van der Waals surface area contributed by atoms with Crippen LogP contribution in [0, 0.1) is 18.3 Å². The van der Waals surface area contributed by atoms with Crippen LogP contribution < -0.4 is 0 Å². The molecule has 1 aliphatic rings. The lowest BCUT2D eigenvalue weighted by Crippen LogP contribution is -2.26. The van der Waals surface area contributed by atoms with E-state index in [0.29, 0.717) is 0 Å². The molecule has 0 aliphatic heterocycles. The van der Waals surface area contributed by atoms with Gasteiger partial charge in [0.15, 0.2) is 0 Å². The topological polar surface area (TPSA) is 36.7 Å². The van der Waals surface area contributed by atoms with E-state index in [2.05, 4.69) is 75.4 Å². The average molecular weight is 465 g/mol. The molecule has 1 aliphatic carbocycles. The predicted molar refractivity (Wildman–Crippen MR) is 147 cm³/mol. The molecule has 0 radical (unpaired) electrons. The largest absolute Gasteiger partial charge is 0.256 e. The molecule has 0 spiro atoms. The summed E-state index contributed by atoms with van der Waals surface area (Å²) >= 11 is 0. The highest BCUT2D eigenvalue weighted by Crippen LogP contribution is 2.46. The molecule has 1 atom stereocenters. The molecular formula is C33H40N2. The molecule has 4 rings (SSSR count). The molecule has 3 aromatic rings. The lowest BCUT2D eigenvalue weighted by atomic mass is 9.79. The summed E-state index contributed by atoms with van der Waals surface area (Å²) in [5.74, 6) is 0. The summed E-state index contributed by atoms with van der Waals surface area (Å²) in [5, 5.41) is 10.6. The van der Waals surface area contributed by atoms with Crippen molar-refractivity contribution in [3.8, 4) is 17.2 Å². The van der Waals surface area contributed by atoms with Crippen LogP contribution in [0.1, 0.15) is 92.4 Å². The van der Waals surface area contributed by atoms with Gasteiger partial charge in [-0.15, -0.1) is 0 Å². The molecule has 35 heavy (non-hydrogen) atoms. The van der Waals surface area contributed by atoms with Gasteiger partial charge in [-0.1, -0.05) is 99.7 Å². The molecule has 182 valence electrons. The van der Waals surface area contributed by atoms with Crippen molar-refractivity contribution in [2.24, 2.45) is 0 Å². The molecular weight excluding hydrogens is 424 g/mol. The van der Waals surface area contributed by atoms with Gasteiger partial charge in [0.1, 0.15) is 5.41 Å². The smallest absolute Gasteiger partial charge is 0.104 e. The molecule has 0 unspecified atom stereocenters. The van der Waals surface area contributed by atoms with Crippen LogP contribution in [0.25, 0.3) is 11.1 Å². The normalized spacial score (nSPS) is 16.7. The Morgan fingerprint density at radius 2 is 1.57 bits per heavy atom. The predicted octanol–water partition coefficient (Wildman–Crippen LogP) is 8.47. The molecule has 1 heterocycles. The maximum atomic E-state index is 10.6. The summed E-state index contributed by atoms with van der Waals surface area (Å²) < 4.78 is 0. The zero-order valence-electron chi connectivity index (χ0n) is 21.9. The van der Waals surface area contributed by atoms with E-state index in [4.69, 9.17) is 4.98 Å². The monoisotopic (exact) mass is 464 g/mol. The van der Waals surface area contributed by atoms with Crippen molar-refractivity contribution in [1.29, 1.82) is 5.26 Å². The van der Waals surface area contributed by atoms with Crippen molar-refractivity contribution in [2.45, 2.75) is 96.8 Å². The number of aryl methyl sites for hydroxylation is 2. The summed E-state index contributed by atoms with van der Waals surface area (Å²) in [6, 6.07) is 22.3. The molecule has 0 bridgehead atoms. The summed E-state index contributed by atoms with van der Waals surface area (Å²) in [6.45, 7) is 6.69. The zero-order valence-corrected chi connectivity index (χ0v) is 21.9. The Hall–Kier alpha value is -2.92. The summed E-state index contributed by atoms with van der Waals surface area (Å²) in [5.41, 5.74) is 9.74. The number of benzene rings is 2. The lowest BCUT2D eigenvalue weighted by Gasteiger charge is -2.25. The first-order chi connectivity index (χ1) is 17.1. The van der Waals surface area contributed by atoms with Gasteiger partial charge in [-0.25, -0.2) is 0 Å². The van der Waals surface area contributed by atoms with E-state index in [0.717, 1.165) is 44.2 Å². The summed E-state index contributed by atoms with van der Waals surface area (Å²) in [4.78, 5) is 5.41. The van der Waals surface area contributed by atoms with Crippen molar-refractivity contribution in [3.63, 3.8) is 0 Å². The second-order valence-electron chi connectivity index (χ2n) is 10.4. The fourth-order valence-electron chi connectivity index (χ4n) is 5.71. The van der Waals surface area contributed by atoms with Crippen molar-refractivity contribution in [3.05, 3.63) is 88.2 Å². The first kappa shape index (κ1) is 25.2. The van der Waals surface area contributed by atoms with Crippen LogP contribution >= 0.6 is 0 Å². The quantitative estimate of drug-likeness (QED) is 0.267. The number of hydrogen-bond acceptors (Lipinski definition) is 2. The number of aromatic nitrogens is 1. The van der Waals surface area contributed by atoms with Gasteiger partial charge in [0.25, 0.3) is 0 Å². The Morgan fingerprint density at radius 3 is 2.23 bits per heavy atom. The maximum Gasteiger partial charge on any atom is 0.104 e. The van der Waals surface area contributed by atoms with Gasteiger partial charge in [-0.05, 0) is 79.7 Å². The Kier molecular flexibility index (Phi) is 8.40. The minimum atomic E-state index is -0.544. The van der Waals surface area contributed by atoms with Crippen LogP contribution in [0.3, 0.4) is 0 Å².